The fourth-order valence-corrected chi connectivity index (χ4v) is 2.35. The number of alkyl halides is 3. The lowest BCUT2D eigenvalue weighted by molar-refractivity contribution is -0.137. The molecule has 0 saturated carbocycles. The Balaban J connectivity index is 2.25. The monoisotopic (exact) mass is 286 g/mol. The molecular weight excluding hydrogens is 269 g/mol. The summed E-state index contributed by atoms with van der Waals surface area (Å²) < 4.78 is 37.6. The first kappa shape index (κ1) is 14.8. The van der Waals surface area contributed by atoms with Crippen molar-refractivity contribution in [2.24, 2.45) is 0 Å². The predicted octanol–water partition coefficient (Wildman–Crippen LogP) is 2.93. The first-order chi connectivity index (χ1) is 9.34. The van der Waals surface area contributed by atoms with Crippen LogP contribution in [0.5, 0.6) is 0 Å². The maximum absolute atomic E-state index is 12.5. The number of amides is 1. The Morgan fingerprint density at radius 1 is 1.35 bits per heavy atom. The van der Waals surface area contributed by atoms with Crippen molar-refractivity contribution in [2.45, 2.75) is 38.7 Å². The van der Waals surface area contributed by atoms with Crippen molar-refractivity contribution in [3.05, 3.63) is 35.4 Å². The van der Waals surface area contributed by atoms with Gasteiger partial charge in [-0.15, -0.1) is 0 Å². The number of benzene rings is 1. The lowest BCUT2D eigenvalue weighted by atomic mass is 10.1. The molecule has 1 aliphatic rings. The summed E-state index contributed by atoms with van der Waals surface area (Å²) in [6.45, 7) is 4.12. The maximum atomic E-state index is 12.5. The first-order valence-electron chi connectivity index (χ1n) is 6.56. The topological polar surface area (TPSA) is 32.3 Å². The molecule has 1 fully saturated rings. The van der Waals surface area contributed by atoms with Crippen molar-refractivity contribution in [3.63, 3.8) is 0 Å². The smallest absolute Gasteiger partial charge is 0.319 e. The lowest BCUT2D eigenvalue weighted by Crippen LogP contribution is -2.37. The summed E-state index contributed by atoms with van der Waals surface area (Å²) in [5, 5.41) is 3.04. The van der Waals surface area contributed by atoms with Crippen LogP contribution in [-0.4, -0.2) is 23.4 Å². The van der Waals surface area contributed by atoms with Gasteiger partial charge in [0.05, 0.1) is 12.1 Å². The van der Waals surface area contributed by atoms with Gasteiger partial charge in [0.2, 0.25) is 5.91 Å². The molecule has 1 aliphatic heterocycles. The summed E-state index contributed by atoms with van der Waals surface area (Å²) in [6.07, 6.45) is -3.89. The van der Waals surface area contributed by atoms with E-state index in [0.717, 1.165) is 18.6 Å². The molecule has 2 unspecified atom stereocenters. The van der Waals surface area contributed by atoms with Crippen molar-refractivity contribution in [2.75, 3.05) is 6.54 Å². The highest BCUT2D eigenvalue weighted by Gasteiger charge is 2.35. The highest BCUT2D eigenvalue weighted by atomic mass is 19.4. The normalized spacial score (nSPS) is 21.4. The highest BCUT2D eigenvalue weighted by Crippen LogP contribution is 2.31. The minimum atomic E-state index is -4.34. The van der Waals surface area contributed by atoms with Crippen molar-refractivity contribution in [3.8, 4) is 0 Å². The SMILES string of the molecule is CCC(C)N1C(=O)CNC1c1ccc(C(F)(F)F)cc1. The molecule has 0 aromatic heterocycles. The van der Waals surface area contributed by atoms with E-state index in [0.29, 0.717) is 5.56 Å². The number of carbonyl (C=O) groups is 1. The lowest BCUT2D eigenvalue weighted by Gasteiger charge is -2.30. The Kier molecular flexibility index (Phi) is 4.04. The number of rotatable bonds is 3. The number of hydrogen-bond acceptors (Lipinski definition) is 2. The van der Waals surface area contributed by atoms with Gasteiger partial charge in [0, 0.05) is 6.04 Å². The van der Waals surface area contributed by atoms with Crippen LogP contribution in [0, 0.1) is 0 Å². The van der Waals surface area contributed by atoms with Crippen molar-refractivity contribution in [1.29, 1.82) is 0 Å². The summed E-state index contributed by atoms with van der Waals surface area (Å²) in [4.78, 5) is 13.6. The quantitative estimate of drug-likeness (QED) is 0.926. The van der Waals surface area contributed by atoms with E-state index < -0.39 is 11.7 Å². The highest BCUT2D eigenvalue weighted by molar-refractivity contribution is 5.81. The third-order valence-corrected chi connectivity index (χ3v) is 3.63. The Morgan fingerprint density at radius 2 is 1.95 bits per heavy atom. The van der Waals surface area contributed by atoms with Gasteiger partial charge in [0.25, 0.3) is 0 Å². The number of nitrogens with one attached hydrogen (secondary N) is 1. The molecule has 2 atom stereocenters. The molecule has 1 aromatic rings. The molecule has 6 heteroatoms. The minimum Gasteiger partial charge on any atom is -0.319 e. The summed E-state index contributed by atoms with van der Waals surface area (Å²) in [5.74, 6) is -0.0238. The number of carbonyl (C=O) groups excluding carboxylic acids is 1. The second-order valence-corrected chi connectivity index (χ2v) is 4.96. The van der Waals surface area contributed by atoms with E-state index in [1.165, 1.54) is 12.1 Å². The van der Waals surface area contributed by atoms with Crippen LogP contribution in [0.15, 0.2) is 24.3 Å². The third kappa shape index (κ3) is 2.80. The zero-order chi connectivity index (χ0) is 14.9. The molecule has 0 aliphatic carbocycles. The van der Waals surface area contributed by atoms with E-state index in [-0.39, 0.29) is 24.7 Å². The van der Waals surface area contributed by atoms with E-state index >= 15 is 0 Å². The zero-order valence-electron chi connectivity index (χ0n) is 11.4. The minimum absolute atomic E-state index is 0.0238. The van der Waals surface area contributed by atoms with Crippen LogP contribution in [0.4, 0.5) is 13.2 Å². The van der Waals surface area contributed by atoms with E-state index in [2.05, 4.69) is 5.32 Å². The van der Waals surface area contributed by atoms with Gasteiger partial charge in [0.1, 0.15) is 6.17 Å². The fraction of sp³-hybridized carbons (Fsp3) is 0.500. The molecule has 0 radical (unpaired) electrons. The van der Waals surface area contributed by atoms with Crippen LogP contribution in [-0.2, 0) is 11.0 Å². The van der Waals surface area contributed by atoms with Crippen molar-refractivity contribution >= 4 is 5.91 Å². The number of nitrogens with zero attached hydrogens (tertiary/aromatic N) is 1. The predicted molar refractivity (Wildman–Crippen MR) is 68.8 cm³/mol. The van der Waals surface area contributed by atoms with Crippen LogP contribution in [0.1, 0.15) is 37.6 Å². The summed E-state index contributed by atoms with van der Waals surface area (Å²) in [7, 11) is 0. The molecule has 1 amide bonds. The summed E-state index contributed by atoms with van der Waals surface area (Å²) in [6, 6.07) is 5.00. The average Bonchev–Trinajstić information content (AvgIpc) is 2.79. The molecule has 1 saturated heterocycles. The second kappa shape index (κ2) is 5.44. The van der Waals surface area contributed by atoms with Gasteiger partial charge in [0.15, 0.2) is 0 Å². The Labute approximate surface area is 115 Å². The third-order valence-electron chi connectivity index (χ3n) is 3.63. The maximum Gasteiger partial charge on any atom is 0.416 e. The second-order valence-electron chi connectivity index (χ2n) is 4.96. The Bertz CT molecular complexity index is 484. The van der Waals surface area contributed by atoms with Gasteiger partial charge in [-0.3, -0.25) is 10.1 Å². The zero-order valence-corrected chi connectivity index (χ0v) is 11.4. The van der Waals surface area contributed by atoms with Crippen LogP contribution in [0.3, 0.4) is 0 Å². The molecule has 0 spiro atoms. The Morgan fingerprint density at radius 3 is 2.45 bits per heavy atom. The largest absolute Gasteiger partial charge is 0.416 e. The van der Waals surface area contributed by atoms with Crippen molar-refractivity contribution < 1.29 is 18.0 Å². The van der Waals surface area contributed by atoms with Crippen LogP contribution < -0.4 is 5.32 Å². The van der Waals surface area contributed by atoms with E-state index in [4.69, 9.17) is 0 Å². The average molecular weight is 286 g/mol. The molecule has 1 heterocycles. The fourth-order valence-electron chi connectivity index (χ4n) is 2.35. The van der Waals surface area contributed by atoms with Gasteiger partial charge < -0.3 is 4.90 Å². The molecule has 3 nitrogen and oxygen atoms in total. The first-order valence-corrected chi connectivity index (χ1v) is 6.56. The molecule has 2 rings (SSSR count). The van der Waals surface area contributed by atoms with E-state index in [9.17, 15) is 18.0 Å². The van der Waals surface area contributed by atoms with E-state index in [1.807, 2.05) is 13.8 Å². The van der Waals surface area contributed by atoms with Gasteiger partial charge in [-0.1, -0.05) is 19.1 Å². The van der Waals surface area contributed by atoms with E-state index in [1.54, 1.807) is 4.90 Å². The number of hydrogen-bond donors (Lipinski definition) is 1. The number of halogens is 3. The summed E-state index contributed by atoms with van der Waals surface area (Å²) >= 11 is 0. The molecule has 0 bridgehead atoms. The molecule has 110 valence electrons. The van der Waals surface area contributed by atoms with Gasteiger partial charge >= 0.3 is 6.18 Å². The van der Waals surface area contributed by atoms with Gasteiger partial charge in [-0.25, -0.2) is 0 Å². The summed E-state index contributed by atoms with van der Waals surface area (Å²) in [5.41, 5.74) is -0.00943. The molecule has 1 aromatic carbocycles. The Hall–Kier alpha value is -1.56. The van der Waals surface area contributed by atoms with Gasteiger partial charge in [-0.2, -0.15) is 13.2 Å². The molecular formula is C14H17F3N2O. The molecule has 20 heavy (non-hydrogen) atoms. The van der Waals surface area contributed by atoms with Crippen molar-refractivity contribution in [1.82, 2.24) is 10.2 Å². The van der Waals surface area contributed by atoms with Crippen LogP contribution >= 0.6 is 0 Å². The van der Waals surface area contributed by atoms with Crippen LogP contribution in [0.2, 0.25) is 0 Å². The molecule has 1 N–H and O–H groups in total. The standard InChI is InChI=1S/C14H17F3N2O/c1-3-9(2)19-12(20)8-18-13(19)10-4-6-11(7-5-10)14(15,16)17/h4-7,9,13,18H,3,8H2,1-2H3. The van der Waals surface area contributed by atoms with Gasteiger partial charge in [-0.05, 0) is 31.0 Å². The van der Waals surface area contributed by atoms with Crippen LogP contribution in [0.25, 0.3) is 0 Å².